The Morgan fingerprint density at radius 1 is 0.957 bits per heavy atom. The SMILES string of the molecule is CCOc1ccc2c(c1)Nc1ccc(C(C)(C)C)cc1C2(C)C. The third-order valence-corrected chi connectivity index (χ3v) is 4.80. The zero-order valence-electron chi connectivity index (χ0n) is 15.1. The monoisotopic (exact) mass is 309 g/mol. The van der Waals surface area contributed by atoms with Gasteiger partial charge in [-0.2, -0.15) is 0 Å². The summed E-state index contributed by atoms with van der Waals surface area (Å²) in [4.78, 5) is 0. The lowest BCUT2D eigenvalue weighted by atomic mass is 9.72. The summed E-state index contributed by atoms with van der Waals surface area (Å²) < 4.78 is 5.65. The van der Waals surface area contributed by atoms with E-state index in [9.17, 15) is 0 Å². The topological polar surface area (TPSA) is 21.3 Å². The molecule has 0 radical (unpaired) electrons. The van der Waals surface area contributed by atoms with E-state index in [1.165, 1.54) is 22.4 Å². The number of nitrogens with one attached hydrogen (secondary N) is 1. The molecule has 3 rings (SSSR count). The zero-order valence-corrected chi connectivity index (χ0v) is 15.1. The minimum absolute atomic E-state index is 0.0259. The summed E-state index contributed by atoms with van der Waals surface area (Å²) in [6.45, 7) is 14.1. The lowest BCUT2D eigenvalue weighted by Gasteiger charge is -2.37. The largest absolute Gasteiger partial charge is 0.494 e. The van der Waals surface area contributed by atoms with Crippen LogP contribution in [0.2, 0.25) is 0 Å². The van der Waals surface area contributed by atoms with Gasteiger partial charge in [0.15, 0.2) is 0 Å². The maximum absolute atomic E-state index is 5.65. The number of fused-ring (bicyclic) bond motifs is 2. The molecule has 122 valence electrons. The van der Waals surface area contributed by atoms with Crippen LogP contribution in [-0.4, -0.2) is 6.61 Å². The fraction of sp³-hybridized carbons (Fsp3) is 0.429. The molecule has 0 amide bonds. The van der Waals surface area contributed by atoms with Gasteiger partial charge in [0.2, 0.25) is 0 Å². The van der Waals surface area contributed by atoms with E-state index in [4.69, 9.17) is 4.74 Å². The molecular weight excluding hydrogens is 282 g/mol. The third-order valence-electron chi connectivity index (χ3n) is 4.80. The Hall–Kier alpha value is -1.96. The summed E-state index contributed by atoms with van der Waals surface area (Å²) in [5.74, 6) is 0.921. The predicted molar refractivity (Wildman–Crippen MR) is 98.2 cm³/mol. The van der Waals surface area contributed by atoms with Gasteiger partial charge in [-0.15, -0.1) is 0 Å². The Kier molecular flexibility index (Phi) is 3.66. The van der Waals surface area contributed by atoms with E-state index in [2.05, 4.69) is 76.3 Å². The first-order valence-electron chi connectivity index (χ1n) is 8.43. The molecule has 0 atom stereocenters. The predicted octanol–water partition coefficient (Wildman–Crippen LogP) is 5.77. The lowest BCUT2D eigenvalue weighted by Crippen LogP contribution is -2.27. The Bertz CT molecular complexity index is 738. The zero-order chi connectivity index (χ0) is 16.8. The van der Waals surface area contributed by atoms with Crippen molar-refractivity contribution in [3.63, 3.8) is 0 Å². The smallest absolute Gasteiger partial charge is 0.121 e. The van der Waals surface area contributed by atoms with E-state index in [0.717, 1.165) is 11.4 Å². The van der Waals surface area contributed by atoms with Gasteiger partial charge in [-0.05, 0) is 41.2 Å². The van der Waals surface area contributed by atoms with Crippen molar-refractivity contribution in [2.24, 2.45) is 0 Å². The van der Waals surface area contributed by atoms with Gasteiger partial charge in [-0.25, -0.2) is 0 Å². The molecule has 0 bridgehead atoms. The minimum atomic E-state index is -0.0259. The highest BCUT2D eigenvalue weighted by molar-refractivity contribution is 5.76. The third kappa shape index (κ3) is 2.71. The fourth-order valence-corrected chi connectivity index (χ4v) is 3.36. The van der Waals surface area contributed by atoms with E-state index in [1.54, 1.807) is 0 Å². The van der Waals surface area contributed by atoms with Crippen LogP contribution in [0.3, 0.4) is 0 Å². The van der Waals surface area contributed by atoms with Gasteiger partial charge in [0.25, 0.3) is 0 Å². The molecule has 0 aliphatic carbocycles. The molecule has 1 aliphatic rings. The minimum Gasteiger partial charge on any atom is -0.494 e. The maximum atomic E-state index is 5.65. The number of hydrogen-bond donors (Lipinski definition) is 1. The van der Waals surface area contributed by atoms with Crippen LogP contribution in [0, 0.1) is 0 Å². The Labute approximate surface area is 139 Å². The van der Waals surface area contributed by atoms with Crippen LogP contribution in [0.15, 0.2) is 36.4 Å². The number of rotatable bonds is 2. The molecule has 23 heavy (non-hydrogen) atoms. The Balaban J connectivity index is 2.11. The van der Waals surface area contributed by atoms with Crippen molar-refractivity contribution in [3.05, 3.63) is 53.1 Å². The van der Waals surface area contributed by atoms with Gasteiger partial charge in [-0.3, -0.25) is 0 Å². The van der Waals surface area contributed by atoms with Crippen molar-refractivity contribution in [2.45, 2.75) is 52.4 Å². The van der Waals surface area contributed by atoms with Crippen molar-refractivity contribution in [1.29, 1.82) is 0 Å². The Morgan fingerprint density at radius 3 is 2.35 bits per heavy atom. The summed E-state index contributed by atoms with van der Waals surface area (Å²) in [7, 11) is 0. The number of hydrogen-bond acceptors (Lipinski definition) is 2. The second-order valence-electron chi connectivity index (χ2n) is 7.90. The van der Waals surface area contributed by atoms with Gasteiger partial charge >= 0.3 is 0 Å². The molecule has 0 saturated carbocycles. The van der Waals surface area contributed by atoms with Crippen LogP contribution >= 0.6 is 0 Å². The molecule has 1 N–H and O–H groups in total. The lowest BCUT2D eigenvalue weighted by molar-refractivity contribution is 0.340. The molecule has 1 heterocycles. The van der Waals surface area contributed by atoms with Crippen LogP contribution in [0.25, 0.3) is 0 Å². The normalized spacial score (nSPS) is 15.4. The van der Waals surface area contributed by atoms with Crippen LogP contribution in [0.5, 0.6) is 5.75 Å². The van der Waals surface area contributed by atoms with Crippen molar-refractivity contribution < 1.29 is 4.74 Å². The molecule has 2 nitrogen and oxygen atoms in total. The molecule has 0 aromatic heterocycles. The summed E-state index contributed by atoms with van der Waals surface area (Å²) in [6.07, 6.45) is 0. The first-order chi connectivity index (χ1) is 10.7. The highest BCUT2D eigenvalue weighted by Crippen LogP contribution is 2.47. The van der Waals surface area contributed by atoms with E-state index >= 15 is 0 Å². The first-order valence-corrected chi connectivity index (χ1v) is 8.43. The average molecular weight is 309 g/mol. The van der Waals surface area contributed by atoms with Gasteiger partial charge in [0.05, 0.1) is 6.61 Å². The summed E-state index contributed by atoms with van der Waals surface area (Å²) >= 11 is 0. The molecule has 0 spiro atoms. The Morgan fingerprint density at radius 2 is 1.70 bits per heavy atom. The standard InChI is InChI=1S/C21H27NO/c1-7-23-15-9-10-16-19(13-15)22-18-11-8-14(20(2,3)4)12-17(18)21(16,5)6/h8-13,22H,7H2,1-6H3. The summed E-state index contributed by atoms with van der Waals surface area (Å²) in [6, 6.07) is 13.2. The molecular formula is C21H27NO. The summed E-state index contributed by atoms with van der Waals surface area (Å²) in [5.41, 5.74) is 6.54. The molecule has 0 saturated heterocycles. The van der Waals surface area contributed by atoms with Gasteiger partial charge in [0.1, 0.15) is 5.75 Å². The van der Waals surface area contributed by atoms with Gasteiger partial charge in [-0.1, -0.05) is 52.8 Å². The number of ether oxygens (including phenoxy) is 1. The highest BCUT2D eigenvalue weighted by Gasteiger charge is 2.33. The molecule has 2 aromatic rings. The maximum Gasteiger partial charge on any atom is 0.121 e. The second kappa shape index (κ2) is 5.30. The van der Waals surface area contributed by atoms with Gasteiger partial charge in [0, 0.05) is 22.9 Å². The second-order valence-corrected chi connectivity index (χ2v) is 7.90. The van der Waals surface area contributed by atoms with Crippen LogP contribution in [0.4, 0.5) is 11.4 Å². The van der Waals surface area contributed by atoms with E-state index in [1.807, 2.05) is 6.92 Å². The van der Waals surface area contributed by atoms with Crippen molar-refractivity contribution >= 4 is 11.4 Å². The van der Waals surface area contributed by atoms with Crippen LogP contribution in [0.1, 0.15) is 58.2 Å². The molecule has 2 aromatic carbocycles. The molecule has 0 fully saturated rings. The van der Waals surface area contributed by atoms with Crippen LogP contribution < -0.4 is 10.1 Å². The van der Waals surface area contributed by atoms with Crippen molar-refractivity contribution in [2.75, 3.05) is 11.9 Å². The van der Waals surface area contributed by atoms with Crippen molar-refractivity contribution in [1.82, 2.24) is 0 Å². The van der Waals surface area contributed by atoms with E-state index < -0.39 is 0 Å². The van der Waals surface area contributed by atoms with E-state index in [-0.39, 0.29) is 10.8 Å². The fourth-order valence-electron chi connectivity index (χ4n) is 3.36. The first kappa shape index (κ1) is 15.9. The van der Waals surface area contributed by atoms with Gasteiger partial charge < -0.3 is 10.1 Å². The summed E-state index contributed by atoms with van der Waals surface area (Å²) in [5, 5.41) is 3.59. The van der Waals surface area contributed by atoms with Crippen LogP contribution in [-0.2, 0) is 10.8 Å². The number of anilines is 2. The highest BCUT2D eigenvalue weighted by atomic mass is 16.5. The number of benzene rings is 2. The average Bonchev–Trinajstić information content (AvgIpc) is 2.46. The molecule has 1 aliphatic heterocycles. The quantitative estimate of drug-likeness (QED) is 0.761. The van der Waals surface area contributed by atoms with E-state index in [0.29, 0.717) is 6.61 Å². The van der Waals surface area contributed by atoms with Crippen molar-refractivity contribution in [3.8, 4) is 5.75 Å². The molecule has 2 heteroatoms. The molecule has 0 unspecified atom stereocenters.